The van der Waals surface area contributed by atoms with E-state index >= 15 is 0 Å². The van der Waals surface area contributed by atoms with Gasteiger partial charge in [-0.1, -0.05) is 25.1 Å². The quantitative estimate of drug-likeness (QED) is 0.434. The maximum Gasteiger partial charge on any atom is 0.247 e. The third kappa shape index (κ3) is 5.75. The first-order chi connectivity index (χ1) is 15.9. The first kappa shape index (κ1) is 25.2. The van der Waals surface area contributed by atoms with Crippen molar-refractivity contribution in [2.45, 2.75) is 70.3 Å². The normalized spacial score (nSPS) is 23.4. The summed E-state index contributed by atoms with van der Waals surface area (Å²) in [5.41, 5.74) is 1.28. The topological polar surface area (TPSA) is 108 Å². The summed E-state index contributed by atoms with van der Waals surface area (Å²) in [5.74, 6) is -0.225. The van der Waals surface area contributed by atoms with Crippen LogP contribution < -0.4 is 10.1 Å². The molecule has 4 atom stereocenters. The van der Waals surface area contributed by atoms with Crippen molar-refractivity contribution < 1.29 is 29.3 Å². The molecule has 33 heavy (non-hydrogen) atoms. The van der Waals surface area contributed by atoms with Gasteiger partial charge in [0.2, 0.25) is 11.8 Å². The maximum atomic E-state index is 13.1. The number of nitrogens with one attached hydrogen (secondary N) is 1. The van der Waals surface area contributed by atoms with E-state index in [2.05, 4.69) is 5.32 Å². The van der Waals surface area contributed by atoms with E-state index in [4.69, 9.17) is 14.6 Å². The molecule has 0 unspecified atom stereocenters. The first-order valence-electron chi connectivity index (χ1n) is 11.8. The number of para-hydroxylation sites is 1. The average Bonchev–Trinajstić information content (AvgIpc) is 3.18. The van der Waals surface area contributed by atoms with Gasteiger partial charge in [-0.2, -0.15) is 0 Å². The van der Waals surface area contributed by atoms with Crippen LogP contribution in [0.4, 0.5) is 0 Å². The molecule has 1 heterocycles. The smallest absolute Gasteiger partial charge is 0.247 e. The molecule has 0 saturated heterocycles. The van der Waals surface area contributed by atoms with E-state index in [9.17, 15) is 14.7 Å². The van der Waals surface area contributed by atoms with E-state index < -0.39 is 24.2 Å². The predicted octanol–water partition coefficient (Wildman–Crippen LogP) is 1.75. The highest BCUT2D eigenvalue weighted by molar-refractivity contribution is 5.96. The van der Waals surface area contributed by atoms with E-state index in [1.165, 1.54) is 0 Å². The summed E-state index contributed by atoms with van der Waals surface area (Å²) in [6.45, 7) is 6.70. The number of aliphatic hydroxyl groups is 2. The Morgan fingerprint density at radius 2 is 2.03 bits per heavy atom. The van der Waals surface area contributed by atoms with Crippen LogP contribution in [-0.4, -0.2) is 77.6 Å². The second-order valence-corrected chi connectivity index (χ2v) is 8.79. The molecular formula is C25H36N2O6. The van der Waals surface area contributed by atoms with Crippen LogP contribution >= 0.6 is 0 Å². The van der Waals surface area contributed by atoms with Crippen LogP contribution in [-0.2, 0) is 14.3 Å². The van der Waals surface area contributed by atoms with Gasteiger partial charge in [-0.25, -0.2) is 0 Å². The molecule has 0 spiro atoms. The van der Waals surface area contributed by atoms with Crippen LogP contribution in [0.2, 0.25) is 0 Å². The van der Waals surface area contributed by atoms with Crippen LogP contribution in [0.1, 0.15) is 51.5 Å². The van der Waals surface area contributed by atoms with Gasteiger partial charge < -0.3 is 29.9 Å². The molecule has 2 aliphatic rings. The molecule has 182 valence electrons. The summed E-state index contributed by atoms with van der Waals surface area (Å²) in [4.78, 5) is 27.8. The third-order valence-electron chi connectivity index (χ3n) is 6.02. The number of amides is 2. The lowest BCUT2D eigenvalue weighted by atomic mass is 9.77. The summed E-state index contributed by atoms with van der Waals surface area (Å²) in [6.07, 6.45) is 1.77. The lowest BCUT2D eigenvalue weighted by molar-refractivity contribution is -0.137. The Kier molecular flexibility index (Phi) is 8.88. The Labute approximate surface area is 195 Å². The van der Waals surface area contributed by atoms with Crippen LogP contribution in [0.15, 0.2) is 35.9 Å². The van der Waals surface area contributed by atoms with Gasteiger partial charge in [0.15, 0.2) is 0 Å². The van der Waals surface area contributed by atoms with Crippen LogP contribution in [0, 0.1) is 0 Å². The molecule has 3 N–H and O–H groups in total. The van der Waals surface area contributed by atoms with Crippen molar-refractivity contribution in [2.75, 3.05) is 26.3 Å². The Hall–Kier alpha value is -2.42. The Morgan fingerprint density at radius 1 is 1.27 bits per heavy atom. The second-order valence-electron chi connectivity index (χ2n) is 8.79. The number of aliphatic hydroxyl groups excluding tert-OH is 2. The van der Waals surface area contributed by atoms with Gasteiger partial charge in [0, 0.05) is 37.3 Å². The predicted molar refractivity (Wildman–Crippen MR) is 124 cm³/mol. The number of benzene rings is 1. The van der Waals surface area contributed by atoms with Gasteiger partial charge in [-0.3, -0.25) is 9.59 Å². The fourth-order valence-electron chi connectivity index (χ4n) is 4.54. The minimum absolute atomic E-state index is 0.0774. The average molecular weight is 461 g/mol. The molecule has 1 aromatic rings. The van der Waals surface area contributed by atoms with Gasteiger partial charge in [0.05, 0.1) is 24.7 Å². The third-order valence-corrected chi connectivity index (χ3v) is 6.02. The molecule has 0 bridgehead atoms. The fraction of sp³-hybridized carbons (Fsp3) is 0.600. The zero-order valence-electron chi connectivity index (χ0n) is 19.7. The van der Waals surface area contributed by atoms with Crippen LogP contribution in [0.3, 0.4) is 0 Å². The molecule has 1 aromatic carbocycles. The lowest BCUT2D eigenvalue weighted by Crippen LogP contribution is -2.56. The van der Waals surface area contributed by atoms with Gasteiger partial charge in [0.25, 0.3) is 0 Å². The fourth-order valence-corrected chi connectivity index (χ4v) is 4.54. The molecular weight excluding hydrogens is 424 g/mol. The molecule has 0 radical (unpaired) electrons. The summed E-state index contributed by atoms with van der Waals surface area (Å²) >= 11 is 0. The van der Waals surface area contributed by atoms with E-state index in [1.807, 2.05) is 45.0 Å². The highest BCUT2D eigenvalue weighted by Crippen LogP contribution is 2.47. The van der Waals surface area contributed by atoms with Crippen molar-refractivity contribution in [3.63, 3.8) is 0 Å². The van der Waals surface area contributed by atoms with Crippen LogP contribution in [0.25, 0.3) is 0 Å². The number of hydrogen-bond acceptors (Lipinski definition) is 6. The highest BCUT2D eigenvalue weighted by Gasteiger charge is 2.50. The summed E-state index contributed by atoms with van der Waals surface area (Å²) in [7, 11) is 0. The number of rotatable bonds is 11. The summed E-state index contributed by atoms with van der Waals surface area (Å²) in [5, 5.41) is 23.2. The maximum absolute atomic E-state index is 13.1. The van der Waals surface area contributed by atoms with Crippen molar-refractivity contribution in [3.8, 4) is 5.75 Å². The van der Waals surface area contributed by atoms with Crippen molar-refractivity contribution in [3.05, 3.63) is 41.5 Å². The Bertz CT molecular complexity index is 855. The Balaban J connectivity index is 1.94. The monoisotopic (exact) mass is 460 g/mol. The number of hydrogen-bond donors (Lipinski definition) is 3. The minimum atomic E-state index is -0.997. The van der Waals surface area contributed by atoms with Gasteiger partial charge in [-0.15, -0.1) is 0 Å². The van der Waals surface area contributed by atoms with Crippen molar-refractivity contribution >= 4 is 11.8 Å². The van der Waals surface area contributed by atoms with Gasteiger partial charge in [0.1, 0.15) is 18.0 Å². The molecule has 0 fully saturated rings. The zero-order valence-corrected chi connectivity index (χ0v) is 19.7. The molecule has 2 amide bonds. The highest BCUT2D eigenvalue weighted by atomic mass is 16.5. The number of ether oxygens (including phenoxy) is 2. The number of nitrogens with zero attached hydrogens (tertiary/aromatic N) is 1. The Morgan fingerprint density at radius 3 is 2.73 bits per heavy atom. The van der Waals surface area contributed by atoms with Crippen molar-refractivity contribution in [2.24, 2.45) is 0 Å². The molecule has 1 aliphatic heterocycles. The zero-order chi connectivity index (χ0) is 24.0. The van der Waals surface area contributed by atoms with E-state index in [0.717, 1.165) is 5.56 Å². The van der Waals surface area contributed by atoms with Gasteiger partial charge in [-0.05, 0) is 38.8 Å². The first-order valence-corrected chi connectivity index (χ1v) is 11.8. The van der Waals surface area contributed by atoms with E-state index in [-0.39, 0.29) is 31.1 Å². The summed E-state index contributed by atoms with van der Waals surface area (Å²) < 4.78 is 11.7. The van der Waals surface area contributed by atoms with Crippen LogP contribution in [0.5, 0.6) is 5.75 Å². The molecule has 8 heteroatoms. The minimum Gasteiger partial charge on any atom is -0.486 e. The standard InChI is InChI=1S/C25H36N2O6/c1-4-8-21(29)27(12-7-14-32-16(2)3)19-15-18(25(31)26-11-13-28)22-17-9-5-6-10-20(17)33-24(22)23(19)30/h5-6,9-10,15-16,19,22-24,28,30H,4,7-8,11-14H2,1-3H3,(H,26,31)/t19-,22+,23+,24+/m1/s1. The lowest BCUT2D eigenvalue weighted by Gasteiger charge is -2.40. The number of carbonyl (C=O) groups is 2. The SMILES string of the molecule is CCCC(=O)N(CCCOC(C)C)[C@@H]1C=C(C(=O)NCCO)[C@@H]2c3ccccc3O[C@@H]2[C@H]1O. The molecule has 3 rings (SSSR count). The van der Waals surface area contributed by atoms with Crippen molar-refractivity contribution in [1.29, 1.82) is 0 Å². The van der Waals surface area contributed by atoms with E-state index in [1.54, 1.807) is 11.0 Å². The number of carbonyl (C=O) groups excluding carboxylic acids is 2. The molecule has 8 nitrogen and oxygen atoms in total. The largest absolute Gasteiger partial charge is 0.486 e. The van der Waals surface area contributed by atoms with E-state index in [0.29, 0.717) is 43.7 Å². The second kappa shape index (κ2) is 11.6. The molecule has 0 aromatic heterocycles. The summed E-state index contributed by atoms with van der Waals surface area (Å²) in [6, 6.07) is 6.73. The molecule has 0 saturated carbocycles. The van der Waals surface area contributed by atoms with Gasteiger partial charge >= 0.3 is 0 Å². The molecule has 1 aliphatic carbocycles. The van der Waals surface area contributed by atoms with Crippen molar-refractivity contribution in [1.82, 2.24) is 10.2 Å². The number of fused-ring (bicyclic) bond motifs is 3.